The quantitative estimate of drug-likeness (QED) is 0.895. The molecule has 0 bridgehead atoms. The fraction of sp³-hybridized carbons (Fsp3) is 0.727. The minimum absolute atomic E-state index is 0.516. The van der Waals surface area contributed by atoms with E-state index < -0.39 is 0 Å². The van der Waals surface area contributed by atoms with Gasteiger partial charge in [-0.05, 0) is 48.5 Å². The van der Waals surface area contributed by atoms with E-state index in [1.54, 1.807) is 0 Å². The van der Waals surface area contributed by atoms with E-state index in [4.69, 9.17) is 0 Å². The second-order valence-corrected chi connectivity index (χ2v) is 5.37. The number of rotatable bonds is 2. The van der Waals surface area contributed by atoms with Crippen molar-refractivity contribution in [3.63, 3.8) is 0 Å². The maximum Gasteiger partial charge on any atom is 0.129 e. The van der Waals surface area contributed by atoms with Crippen LogP contribution in [0.15, 0.2) is 4.60 Å². The zero-order valence-electron chi connectivity index (χ0n) is 8.96. The number of hydrogen-bond acceptors (Lipinski definition) is 2. The monoisotopic (exact) mass is 269 g/mol. The first-order chi connectivity index (χ1) is 7.25. The Morgan fingerprint density at radius 1 is 1.40 bits per heavy atom. The lowest BCUT2D eigenvalue weighted by Crippen LogP contribution is -2.29. The van der Waals surface area contributed by atoms with Gasteiger partial charge >= 0.3 is 0 Å². The molecule has 3 nitrogen and oxygen atoms in total. The second-order valence-electron chi connectivity index (χ2n) is 4.62. The number of nitrogens with one attached hydrogen (secondary N) is 1. The van der Waals surface area contributed by atoms with Crippen molar-refractivity contribution in [2.45, 2.75) is 51.2 Å². The number of aryl methyl sites for hydroxylation is 1. The molecule has 1 unspecified atom stereocenters. The maximum absolute atomic E-state index is 4.51. The highest BCUT2D eigenvalue weighted by Gasteiger charge is 2.30. The fourth-order valence-corrected chi connectivity index (χ4v) is 3.19. The van der Waals surface area contributed by atoms with Gasteiger partial charge in [0.2, 0.25) is 0 Å². The van der Waals surface area contributed by atoms with E-state index in [2.05, 4.69) is 37.7 Å². The summed E-state index contributed by atoms with van der Waals surface area (Å²) in [5.41, 5.74) is 1.37. The van der Waals surface area contributed by atoms with Gasteiger partial charge in [0, 0.05) is 12.6 Å². The number of nitrogens with zero attached hydrogens (tertiary/aromatic N) is 2. The molecule has 4 heteroatoms. The molecule has 1 saturated carbocycles. The first-order valence-corrected chi connectivity index (χ1v) is 6.53. The van der Waals surface area contributed by atoms with Crippen LogP contribution in [0.25, 0.3) is 0 Å². The molecular weight excluding hydrogens is 254 g/mol. The third-order valence-corrected chi connectivity index (χ3v) is 3.96. The van der Waals surface area contributed by atoms with Gasteiger partial charge in [-0.25, -0.2) is 4.98 Å². The Hall–Kier alpha value is -0.350. The first-order valence-electron chi connectivity index (χ1n) is 5.74. The van der Waals surface area contributed by atoms with Gasteiger partial charge in [-0.15, -0.1) is 0 Å². The molecule has 0 amide bonds. The molecule has 0 saturated heterocycles. The summed E-state index contributed by atoms with van der Waals surface area (Å²) in [5.74, 6) is 1.14. The average molecular weight is 270 g/mol. The largest absolute Gasteiger partial charge is 0.330 e. The van der Waals surface area contributed by atoms with Gasteiger partial charge in [-0.2, -0.15) is 0 Å². The molecule has 2 aliphatic rings. The van der Waals surface area contributed by atoms with Crippen molar-refractivity contribution in [1.82, 2.24) is 14.9 Å². The van der Waals surface area contributed by atoms with Gasteiger partial charge < -0.3 is 9.88 Å². The van der Waals surface area contributed by atoms with Crippen molar-refractivity contribution in [3.8, 4) is 0 Å². The van der Waals surface area contributed by atoms with E-state index in [1.807, 2.05) is 0 Å². The van der Waals surface area contributed by atoms with Crippen LogP contribution in [0.4, 0.5) is 0 Å². The van der Waals surface area contributed by atoms with Crippen LogP contribution in [0.2, 0.25) is 0 Å². The number of aromatic nitrogens is 2. The standard InChI is InChI=1S/C11H16BrN3/c1-7-13-11(12)10-9(14-8-4-5-8)3-2-6-15(7)10/h8-9,14H,2-6H2,1H3. The summed E-state index contributed by atoms with van der Waals surface area (Å²) in [7, 11) is 0. The van der Waals surface area contributed by atoms with Gasteiger partial charge in [0.05, 0.1) is 11.7 Å². The van der Waals surface area contributed by atoms with Crippen molar-refractivity contribution in [2.24, 2.45) is 0 Å². The molecule has 1 aromatic rings. The summed E-state index contributed by atoms with van der Waals surface area (Å²) in [6.45, 7) is 3.22. The van der Waals surface area contributed by atoms with Gasteiger partial charge in [0.15, 0.2) is 0 Å². The van der Waals surface area contributed by atoms with Crippen molar-refractivity contribution >= 4 is 15.9 Å². The fourth-order valence-electron chi connectivity index (χ4n) is 2.45. The number of hydrogen-bond donors (Lipinski definition) is 1. The highest BCUT2D eigenvalue weighted by Crippen LogP contribution is 2.34. The maximum atomic E-state index is 4.51. The van der Waals surface area contributed by atoms with Crippen LogP contribution < -0.4 is 5.32 Å². The highest BCUT2D eigenvalue weighted by atomic mass is 79.9. The van der Waals surface area contributed by atoms with Crippen LogP contribution in [-0.4, -0.2) is 15.6 Å². The first kappa shape index (κ1) is 9.85. The highest BCUT2D eigenvalue weighted by molar-refractivity contribution is 9.10. The van der Waals surface area contributed by atoms with Gasteiger partial charge in [0.1, 0.15) is 10.4 Å². The normalized spacial score (nSPS) is 25.3. The van der Waals surface area contributed by atoms with Crippen molar-refractivity contribution in [2.75, 3.05) is 0 Å². The summed E-state index contributed by atoms with van der Waals surface area (Å²) >= 11 is 3.58. The van der Waals surface area contributed by atoms with Crippen molar-refractivity contribution < 1.29 is 0 Å². The zero-order valence-corrected chi connectivity index (χ0v) is 10.5. The SMILES string of the molecule is Cc1nc(Br)c2n1CCCC2NC1CC1. The molecule has 1 fully saturated rings. The van der Waals surface area contributed by atoms with Crippen molar-refractivity contribution in [1.29, 1.82) is 0 Å². The molecule has 15 heavy (non-hydrogen) atoms. The molecule has 0 aromatic carbocycles. The molecular formula is C11H16BrN3. The molecule has 0 radical (unpaired) electrons. The third kappa shape index (κ3) is 1.74. The Kier molecular flexibility index (Phi) is 2.36. The van der Waals surface area contributed by atoms with Crippen LogP contribution in [0.3, 0.4) is 0 Å². The summed E-state index contributed by atoms with van der Waals surface area (Å²) in [5, 5.41) is 3.71. The number of fused-ring (bicyclic) bond motifs is 1. The van der Waals surface area contributed by atoms with Crippen LogP contribution >= 0.6 is 15.9 Å². The molecule has 1 atom stereocenters. The molecule has 1 aliphatic carbocycles. The molecule has 1 aliphatic heterocycles. The molecule has 3 rings (SSSR count). The smallest absolute Gasteiger partial charge is 0.129 e. The Morgan fingerprint density at radius 3 is 2.93 bits per heavy atom. The average Bonchev–Trinajstić information content (AvgIpc) is 2.96. The van der Waals surface area contributed by atoms with E-state index >= 15 is 0 Å². The lowest BCUT2D eigenvalue weighted by Gasteiger charge is -2.26. The number of halogens is 1. The predicted molar refractivity (Wildman–Crippen MR) is 62.8 cm³/mol. The predicted octanol–water partition coefficient (Wildman–Crippen LogP) is 2.54. The van der Waals surface area contributed by atoms with Crippen LogP contribution in [0.5, 0.6) is 0 Å². The minimum atomic E-state index is 0.516. The minimum Gasteiger partial charge on any atom is -0.330 e. The van der Waals surface area contributed by atoms with Crippen LogP contribution in [-0.2, 0) is 6.54 Å². The van der Waals surface area contributed by atoms with Gasteiger partial charge in [-0.3, -0.25) is 0 Å². The van der Waals surface area contributed by atoms with Crippen LogP contribution in [0, 0.1) is 6.92 Å². The lowest BCUT2D eigenvalue weighted by atomic mass is 10.0. The summed E-state index contributed by atoms with van der Waals surface area (Å²) < 4.78 is 3.39. The molecule has 1 N–H and O–H groups in total. The third-order valence-electron chi connectivity index (χ3n) is 3.37. The molecule has 2 heterocycles. The Balaban J connectivity index is 1.93. The molecule has 82 valence electrons. The van der Waals surface area contributed by atoms with Gasteiger partial charge in [0.25, 0.3) is 0 Å². The summed E-state index contributed by atoms with van der Waals surface area (Å²) in [4.78, 5) is 4.51. The Labute approximate surface area is 98.4 Å². The Bertz CT molecular complexity index is 381. The van der Waals surface area contributed by atoms with Crippen LogP contribution in [0.1, 0.15) is 43.2 Å². The zero-order chi connectivity index (χ0) is 10.4. The molecule has 1 aromatic heterocycles. The topological polar surface area (TPSA) is 29.9 Å². The Morgan fingerprint density at radius 2 is 2.20 bits per heavy atom. The van der Waals surface area contributed by atoms with Crippen molar-refractivity contribution in [3.05, 3.63) is 16.1 Å². The second kappa shape index (κ2) is 3.59. The summed E-state index contributed by atoms with van der Waals surface area (Å²) in [6, 6.07) is 1.28. The van der Waals surface area contributed by atoms with E-state index in [9.17, 15) is 0 Å². The van der Waals surface area contributed by atoms with E-state index in [0.717, 1.165) is 23.0 Å². The van der Waals surface area contributed by atoms with Gasteiger partial charge in [-0.1, -0.05) is 0 Å². The number of imidazole rings is 1. The lowest BCUT2D eigenvalue weighted by molar-refractivity contribution is 0.389. The van der Waals surface area contributed by atoms with E-state index in [1.165, 1.54) is 31.4 Å². The van der Waals surface area contributed by atoms with E-state index in [-0.39, 0.29) is 0 Å². The summed E-state index contributed by atoms with van der Waals surface area (Å²) in [6.07, 6.45) is 5.21. The molecule has 0 spiro atoms. The van der Waals surface area contributed by atoms with E-state index in [0.29, 0.717) is 6.04 Å².